The Labute approximate surface area is 515 Å². The van der Waals surface area contributed by atoms with Gasteiger partial charge in [-0.3, -0.25) is 0 Å². The number of anilines is 10. The monoisotopic (exact) mass is 1150 g/mol. The number of hydrogen-bond acceptors (Lipinski definition) is 6. The summed E-state index contributed by atoms with van der Waals surface area (Å²) in [6.07, 6.45) is 9.47. The van der Waals surface area contributed by atoms with Crippen molar-refractivity contribution in [1.82, 2.24) is 0 Å². The molecule has 4 atom stereocenters. The van der Waals surface area contributed by atoms with Crippen molar-refractivity contribution in [2.75, 3.05) is 19.6 Å². The van der Waals surface area contributed by atoms with Gasteiger partial charge in [-0.1, -0.05) is 149 Å². The molecular formula is C80H71BN4OS. The van der Waals surface area contributed by atoms with E-state index in [0.717, 1.165) is 46.9 Å². The predicted molar refractivity (Wildman–Crippen MR) is 371 cm³/mol. The van der Waals surface area contributed by atoms with E-state index >= 15 is 0 Å². The van der Waals surface area contributed by atoms with Crippen molar-refractivity contribution < 1.29 is 4.42 Å². The first-order valence-electron chi connectivity index (χ1n) is 32.0. The van der Waals surface area contributed by atoms with Crippen molar-refractivity contribution >= 4 is 133 Å². The first-order chi connectivity index (χ1) is 42.2. The second-order valence-corrected chi connectivity index (χ2v) is 28.7. The van der Waals surface area contributed by atoms with Crippen molar-refractivity contribution in [3.8, 4) is 11.1 Å². The Morgan fingerprint density at radius 2 is 1.00 bits per heavy atom. The molecule has 0 bridgehead atoms. The topological polar surface area (TPSA) is 26.1 Å². The fourth-order valence-electron chi connectivity index (χ4n) is 18.9. The average Bonchev–Trinajstić information content (AvgIpc) is 1.72. The smallest absolute Gasteiger partial charge is 0.252 e. The Morgan fingerprint density at radius 3 is 1.72 bits per heavy atom. The first-order valence-corrected chi connectivity index (χ1v) is 32.8. The Morgan fingerprint density at radius 1 is 0.402 bits per heavy atom. The number of para-hydroxylation sites is 1. The maximum atomic E-state index is 6.84. The van der Waals surface area contributed by atoms with Gasteiger partial charge in [-0.05, 0) is 201 Å². The molecule has 0 saturated heterocycles. The van der Waals surface area contributed by atoms with Crippen LogP contribution in [-0.2, 0) is 10.8 Å². The van der Waals surface area contributed by atoms with Crippen molar-refractivity contribution in [2.45, 2.75) is 129 Å². The molecule has 0 radical (unpaired) electrons. The van der Waals surface area contributed by atoms with Crippen LogP contribution in [0.25, 0.3) is 53.2 Å². The summed E-state index contributed by atoms with van der Waals surface area (Å²) in [6.45, 7) is 19.6. The van der Waals surface area contributed by atoms with Gasteiger partial charge in [0, 0.05) is 94.3 Å². The first kappa shape index (κ1) is 51.7. The molecule has 2 aliphatic carbocycles. The van der Waals surface area contributed by atoms with Gasteiger partial charge >= 0.3 is 0 Å². The van der Waals surface area contributed by atoms with Gasteiger partial charge in [-0.15, -0.1) is 11.3 Å². The van der Waals surface area contributed by atoms with Crippen LogP contribution < -0.4 is 36.0 Å². The van der Waals surface area contributed by atoms with E-state index in [4.69, 9.17) is 4.42 Å². The van der Waals surface area contributed by atoms with Gasteiger partial charge in [0.25, 0.3) is 6.71 Å². The van der Waals surface area contributed by atoms with E-state index in [2.05, 4.69) is 263 Å². The van der Waals surface area contributed by atoms with Crippen LogP contribution in [-0.4, -0.2) is 17.8 Å². The zero-order valence-corrected chi connectivity index (χ0v) is 52.1. The van der Waals surface area contributed by atoms with E-state index < -0.39 is 0 Å². The van der Waals surface area contributed by atoms with Crippen LogP contribution in [0.3, 0.4) is 0 Å². The Kier molecular flexibility index (Phi) is 10.7. The highest BCUT2D eigenvalue weighted by Crippen LogP contribution is 2.65. The summed E-state index contributed by atoms with van der Waals surface area (Å²) in [5.41, 5.74) is 28.7. The lowest BCUT2D eigenvalue weighted by Gasteiger charge is -2.51. The van der Waals surface area contributed by atoms with E-state index in [1.54, 1.807) is 0 Å². The second kappa shape index (κ2) is 18.0. The SMILES string of the molecule is Cc1cc(C)c2c(c1)N(c1ccc3c(c1)N(c1cccc4c1sc1ccccc14)c1cc(N4c5cc(C)cc(C)c5C5(C)CCCCC45C)cc4c1B3c1cc(-c3ccccc3)ccc1N4c1ccc3c(c1)oc1ccccc13)C1(C)CCCCC21C. The van der Waals surface area contributed by atoms with Crippen LogP contribution in [0.5, 0.6) is 0 Å². The molecule has 6 aliphatic rings. The van der Waals surface area contributed by atoms with E-state index in [1.807, 2.05) is 11.3 Å². The van der Waals surface area contributed by atoms with Crippen LogP contribution in [0.2, 0.25) is 0 Å². The maximum absolute atomic E-state index is 6.84. The molecule has 0 spiro atoms. The minimum absolute atomic E-state index is 0.00945. The molecule has 426 valence electrons. The number of rotatable bonds is 5. The van der Waals surface area contributed by atoms with Crippen molar-refractivity contribution in [2.24, 2.45) is 0 Å². The number of thiophene rings is 1. The van der Waals surface area contributed by atoms with Gasteiger partial charge in [0.05, 0.1) is 21.5 Å². The van der Waals surface area contributed by atoms with Crippen LogP contribution in [0.1, 0.15) is 112 Å². The third kappa shape index (κ3) is 6.82. The predicted octanol–water partition coefficient (Wildman–Crippen LogP) is 20.4. The molecule has 2 saturated carbocycles. The summed E-state index contributed by atoms with van der Waals surface area (Å²) in [6, 6.07) is 72.9. The van der Waals surface area contributed by atoms with Gasteiger partial charge in [0.1, 0.15) is 11.2 Å². The van der Waals surface area contributed by atoms with Gasteiger partial charge in [-0.2, -0.15) is 0 Å². The summed E-state index contributed by atoms with van der Waals surface area (Å²) >= 11 is 1.94. The summed E-state index contributed by atoms with van der Waals surface area (Å²) in [5, 5.41) is 4.87. The lowest BCUT2D eigenvalue weighted by Crippen LogP contribution is -2.61. The van der Waals surface area contributed by atoms with Crippen molar-refractivity contribution in [3.63, 3.8) is 0 Å². The molecule has 12 aromatic rings. The molecule has 2 fully saturated rings. The molecule has 7 heteroatoms. The summed E-state index contributed by atoms with van der Waals surface area (Å²) in [4.78, 5) is 11.0. The molecule has 87 heavy (non-hydrogen) atoms. The molecule has 18 rings (SSSR count). The van der Waals surface area contributed by atoms with E-state index in [9.17, 15) is 0 Å². The molecule has 2 aromatic heterocycles. The number of nitrogens with zero attached hydrogens (tertiary/aromatic N) is 4. The number of aryl methyl sites for hydroxylation is 4. The van der Waals surface area contributed by atoms with Crippen molar-refractivity contribution in [1.29, 1.82) is 0 Å². The highest BCUT2D eigenvalue weighted by Gasteiger charge is 2.60. The zero-order chi connectivity index (χ0) is 58.6. The van der Waals surface area contributed by atoms with Crippen LogP contribution in [0.4, 0.5) is 56.9 Å². The fraction of sp³-hybridized carbons (Fsp3) is 0.250. The van der Waals surface area contributed by atoms with Gasteiger partial charge in [0.2, 0.25) is 0 Å². The van der Waals surface area contributed by atoms with Crippen LogP contribution in [0, 0.1) is 27.7 Å². The minimum Gasteiger partial charge on any atom is -0.456 e. The second-order valence-electron chi connectivity index (χ2n) is 27.7. The standard InChI is InChI=1S/C80H71BN4OS/c1-48-39-50(3)73-66(41-48)84(79(7)37-18-16-35-77(73,79)5)55-31-33-61-65(44-55)83(64-26-20-25-60-59-24-13-15-28-72(59)87-76(60)64)69-46-56(85-67-42-49(2)40-51(4)74(67)78(6)36-17-19-38-80(78,85)8)45-68-75(69)81(61)62-43-53(52-21-10-9-11-22-52)29-34-63(62)82(68)54-30-32-58-57-23-12-14-27-70(57)86-71(58)47-54/h9-15,20-34,39-47H,16-19,35-38H2,1-8H3. The summed E-state index contributed by atoms with van der Waals surface area (Å²) in [5.74, 6) is 0. The average molecular weight is 1150 g/mol. The van der Waals surface area contributed by atoms with Gasteiger partial charge in [0.15, 0.2) is 0 Å². The zero-order valence-electron chi connectivity index (χ0n) is 51.2. The Balaban J connectivity index is 0.983. The Bertz CT molecular complexity index is 4960. The molecule has 4 aliphatic heterocycles. The van der Waals surface area contributed by atoms with Gasteiger partial charge < -0.3 is 24.0 Å². The highest BCUT2D eigenvalue weighted by molar-refractivity contribution is 7.26. The van der Waals surface area contributed by atoms with E-state index in [-0.39, 0.29) is 28.6 Å². The van der Waals surface area contributed by atoms with Crippen molar-refractivity contribution in [3.05, 3.63) is 221 Å². The molecule has 4 unspecified atom stereocenters. The summed E-state index contributed by atoms with van der Waals surface area (Å²) < 4.78 is 9.45. The minimum atomic E-state index is -0.195. The number of benzene rings is 10. The number of fused-ring (bicyclic) bond motifs is 16. The molecular weight excluding hydrogens is 1080 g/mol. The number of furan rings is 1. The van der Waals surface area contributed by atoms with Crippen LogP contribution in [0.15, 0.2) is 192 Å². The quantitative estimate of drug-likeness (QED) is 0.160. The van der Waals surface area contributed by atoms with E-state index in [1.165, 1.54) is 164 Å². The highest BCUT2D eigenvalue weighted by atomic mass is 32.1. The normalized spacial score (nSPS) is 22.4. The maximum Gasteiger partial charge on any atom is 0.252 e. The molecule has 10 aromatic carbocycles. The fourth-order valence-corrected chi connectivity index (χ4v) is 20.1. The van der Waals surface area contributed by atoms with Crippen LogP contribution >= 0.6 is 11.3 Å². The molecule has 5 nitrogen and oxygen atoms in total. The molecule has 0 N–H and O–H groups in total. The molecule has 0 amide bonds. The molecule has 6 heterocycles. The van der Waals surface area contributed by atoms with Gasteiger partial charge in [-0.25, -0.2) is 0 Å². The number of hydrogen-bond donors (Lipinski definition) is 0. The van der Waals surface area contributed by atoms with E-state index in [0.29, 0.717) is 0 Å². The lowest BCUT2D eigenvalue weighted by molar-refractivity contribution is 0.194. The summed E-state index contributed by atoms with van der Waals surface area (Å²) in [7, 11) is 0. The largest absolute Gasteiger partial charge is 0.456 e. The Hall–Kier alpha value is -8.52. The third-order valence-electron chi connectivity index (χ3n) is 23.0. The lowest BCUT2D eigenvalue weighted by atomic mass is 9.33. The third-order valence-corrected chi connectivity index (χ3v) is 24.2.